The molecule has 0 spiro atoms. The van der Waals surface area contributed by atoms with E-state index in [0.29, 0.717) is 25.1 Å². The molecule has 0 saturated heterocycles. The molecule has 1 heterocycles. The first kappa shape index (κ1) is 24.0. The Morgan fingerprint density at radius 3 is 2.53 bits per heavy atom. The van der Waals surface area contributed by atoms with E-state index < -0.39 is 23.9 Å². The Hall–Kier alpha value is -3.74. The maximum atomic E-state index is 14.9. The molecule has 0 bridgehead atoms. The minimum atomic E-state index is -0.769. The summed E-state index contributed by atoms with van der Waals surface area (Å²) in [6.07, 6.45) is 0.533. The van der Waals surface area contributed by atoms with Crippen LogP contribution in [0.4, 0.5) is 4.39 Å². The summed E-state index contributed by atoms with van der Waals surface area (Å²) in [4.78, 5) is 13.0. The lowest BCUT2D eigenvalue weighted by molar-refractivity contribution is 0.0854. The van der Waals surface area contributed by atoms with Crippen LogP contribution in [0.5, 0.6) is 0 Å². The first-order chi connectivity index (χ1) is 17.5. The SMILES string of the molecule is CCc1ccc(CNCc2ccc3c(c2)[C@@H](NC(=O)c2ccc(-c4ccccc4)cc2F)[C@H](O)C3)o1. The number of fused-ring (bicyclic) bond motifs is 1. The molecule has 1 amide bonds. The fourth-order valence-corrected chi connectivity index (χ4v) is 4.72. The number of furan rings is 1. The van der Waals surface area contributed by atoms with Crippen molar-refractivity contribution in [3.8, 4) is 11.1 Å². The molecular formula is C30H29FN2O3. The van der Waals surface area contributed by atoms with Gasteiger partial charge in [0.1, 0.15) is 17.3 Å². The van der Waals surface area contributed by atoms with Crippen LogP contribution in [0.1, 0.15) is 51.5 Å². The van der Waals surface area contributed by atoms with Crippen molar-refractivity contribution in [2.24, 2.45) is 0 Å². The van der Waals surface area contributed by atoms with Crippen molar-refractivity contribution < 1.29 is 18.7 Å². The highest BCUT2D eigenvalue weighted by Crippen LogP contribution is 2.33. The summed E-state index contributed by atoms with van der Waals surface area (Å²) >= 11 is 0. The summed E-state index contributed by atoms with van der Waals surface area (Å²) in [5.41, 5.74) is 4.41. The lowest BCUT2D eigenvalue weighted by Crippen LogP contribution is -2.34. The summed E-state index contributed by atoms with van der Waals surface area (Å²) in [5, 5.41) is 16.9. The van der Waals surface area contributed by atoms with E-state index in [1.54, 1.807) is 6.07 Å². The summed E-state index contributed by atoms with van der Waals surface area (Å²) in [6.45, 7) is 3.28. The Balaban J connectivity index is 1.27. The van der Waals surface area contributed by atoms with Gasteiger partial charge in [-0.2, -0.15) is 0 Å². The van der Waals surface area contributed by atoms with Gasteiger partial charge >= 0.3 is 0 Å². The summed E-state index contributed by atoms with van der Waals surface area (Å²) < 4.78 is 20.6. The second-order valence-electron chi connectivity index (χ2n) is 9.14. The van der Waals surface area contributed by atoms with Crippen LogP contribution in [0.25, 0.3) is 11.1 Å². The number of amides is 1. The van der Waals surface area contributed by atoms with Crippen molar-refractivity contribution in [2.45, 2.75) is 45.0 Å². The van der Waals surface area contributed by atoms with E-state index in [2.05, 4.69) is 17.6 Å². The van der Waals surface area contributed by atoms with Crippen LogP contribution in [0.3, 0.4) is 0 Å². The van der Waals surface area contributed by atoms with Crippen molar-refractivity contribution >= 4 is 5.91 Å². The maximum Gasteiger partial charge on any atom is 0.254 e. The molecule has 2 atom stereocenters. The van der Waals surface area contributed by atoms with E-state index >= 15 is 0 Å². The Bertz CT molecular complexity index is 1370. The van der Waals surface area contributed by atoms with Gasteiger partial charge in [0.25, 0.3) is 5.91 Å². The van der Waals surface area contributed by atoms with Crippen LogP contribution in [-0.4, -0.2) is 17.1 Å². The number of halogens is 1. The number of aryl methyl sites for hydroxylation is 1. The maximum absolute atomic E-state index is 14.9. The van der Waals surface area contributed by atoms with Gasteiger partial charge in [0.2, 0.25) is 0 Å². The van der Waals surface area contributed by atoms with Crippen LogP contribution in [0.15, 0.2) is 83.3 Å². The molecule has 0 fully saturated rings. The summed E-state index contributed by atoms with van der Waals surface area (Å²) in [6, 6.07) is 23.4. The molecule has 1 aliphatic rings. The number of aliphatic hydroxyl groups is 1. The quantitative estimate of drug-likeness (QED) is 0.316. The first-order valence-electron chi connectivity index (χ1n) is 12.3. The molecule has 1 aliphatic carbocycles. The van der Waals surface area contributed by atoms with Crippen LogP contribution < -0.4 is 10.6 Å². The number of hydrogen-bond acceptors (Lipinski definition) is 4. The van der Waals surface area contributed by atoms with Crippen LogP contribution in [0, 0.1) is 5.82 Å². The molecule has 0 radical (unpaired) electrons. The number of rotatable bonds is 8. The predicted molar refractivity (Wildman–Crippen MR) is 137 cm³/mol. The number of hydrogen-bond donors (Lipinski definition) is 3. The molecule has 0 saturated carbocycles. The number of carbonyl (C=O) groups excluding carboxylic acids is 1. The van der Waals surface area contributed by atoms with Crippen molar-refractivity contribution in [2.75, 3.05) is 0 Å². The summed E-state index contributed by atoms with van der Waals surface area (Å²) in [5.74, 6) is 0.706. The van der Waals surface area contributed by atoms with E-state index in [-0.39, 0.29) is 5.56 Å². The second kappa shape index (κ2) is 10.5. The average Bonchev–Trinajstić information content (AvgIpc) is 3.48. The molecule has 0 unspecified atom stereocenters. The van der Waals surface area contributed by atoms with Gasteiger partial charge in [-0.05, 0) is 52.1 Å². The Labute approximate surface area is 210 Å². The third kappa shape index (κ3) is 5.10. The zero-order valence-electron chi connectivity index (χ0n) is 20.1. The highest BCUT2D eigenvalue weighted by molar-refractivity contribution is 5.95. The van der Waals surface area contributed by atoms with Crippen molar-refractivity contribution in [3.63, 3.8) is 0 Å². The molecule has 1 aromatic heterocycles. The van der Waals surface area contributed by atoms with Gasteiger partial charge in [0.15, 0.2) is 0 Å². The Morgan fingerprint density at radius 1 is 0.972 bits per heavy atom. The third-order valence-electron chi connectivity index (χ3n) is 6.66. The highest BCUT2D eigenvalue weighted by Gasteiger charge is 2.33. The van der Waals surface area contributed by atoms with Crippen molar-refractivity contribution in [1.82, 2.24) is 10.6 Å². The van der Waals surface area contributed by atoms with Crippen molar-refractivity contribution in [3.05, 3.63) is 118 Å². The molecule has 184 valence electrons. The van der Waals surface area contributed by atoms with E-state index in [9.17, 15) is 14.3 Å². The van der Waals surface area contributed by atoms with E-state index in [1.165, 1.54) is 12.1 Å². The zero-order valence-corrected chi connectivity index (χ0v) is 20.1. The monoisotopic (exact) mass is 484 g/mol. The topological polar surface area (TPSA) is 74.5 Å². The van der Waals surface area contributed by atoms with E-state index in [1.807, 2.05) is 60.7 Å². The molecule has 36 heavy (non-hydrogen) atoms. The smallest absolute Gasteiger partial charge is 0.254 e. The van der Waals surface area contributed by atoms with Gasteiger partial charge in [-0.25, -0.2) is 4.39 Å². The lowest BCUT2D eigenvalue weighted by Gasteiger charge is -2.19. The molecule has 3 N–H and O–H groups in total. The Morgan fingerprint density at radius 2 is 1.78 bits per heavy atom. The van der Waals surface area contributed by atoms with Crippen LogP contribution >= 0.6 is 0 Å². The molecule has 6 heteroatoms. The van der Waals surface area contributed by atoms with Gasteiger partial charge < -0.3 is 20.2 Å². The Kier molecular flexibility index (Phi) is 6.98. The van der Waals surface area contributed by atoms with Gasteiger partial charge in [-0.15, -0.1) is 0 Å². The zero-order chi connectivity index (χ0) is 25.1. The molecule has 0 aliphatic heterocycles. The minimum Gasteiger partial charge on any atom is -0.465 e. The second-order valence-corrected chi connectivity index (χ2v) is 9.14. The predicted octanol–water partition coefficient (Wildman–Crippen LogP) is 5.33. The average molecular weight is 485 g/mol. The fourth-order valence-electron chi connectivity index (χ4n) is 4.72. The normalized spacial score (nSPS) is 16.6. The number of carbonyl (C=O) groups is 1. The number of benzene rings is 3. The molecule has 5 rings (SSSR count). The third-order valence-corrected chi connectivity index (χ3v) is 6.66. The fraction of sp³-hybridized carbons (Fsp3) is 0.233. The molecule has 4 aromatic rings. The van der Waals surface area contributed by atoms with Gasteiger partial charge in [0, 0.05) is 19.4 Å². The molecular weight excluding hydrogens is 455 g/mol. The summed E-state index contributed by atoms with van der Waals surface area (Å²) in [7, 11) is 0. The largest absolute Gasteiger partial charge is 0.465 e. The van der Waals surface area contributed by atoms with Gasteiger partial charge in [0.05, 0.1) is 24.3 Å². The molecule has 3 aromatic carbocycles. The lowest BCUT2D eigenvalue weighted by atomic mass is 10.0. The van der Waals surface area contributed by atoms with Gasteiger partial charge in [-0.1, -0.05) is 61.5 Å². The van der Waals surface area contributed by atoms with Crippen LogP contribution in [-0.2, 0) is 25.9 Å². The number of nitrogens with one attached hydrogen (secondary N) is 2. The van der Waals surface area contributed by atoms with Crippen LogP contribution in [0.2, 0.25) is 0 Å². The van der Waals surface area contributed by atoms with Gasteiger partial charge in [-0.3, -0.25) is 4.79 Å². The first-order valence-corrected chi connectivity index (χ1v) is 12.3. The van der Waals surface area contributed by atoms with Crippen molar-refractivity contribution in [1.29, 1.82) is 0 Å². The highest BCUT2D eigenvalue weighted by atomic mass is 19.1. The molecule has 5 nitrogen and oxygen atoms in total. The van der Waals surface area contributed by atoms with E-state index in [0.717, 1.165) is 40.2 Å². The minimum absolute atomic E-state index is 0.0435. The van der Waals surface area contributed by atoms with E-state index in [4.69, 9.17) is 4.42 Å². The number of aliphatic hydroxyl groups excluding tert-OH is 1. The standard InChI is InChI=1S/C30H29FN2O3/c1-2-23-11-12-24(36-23)18-32-17-19-8-9-22-16-28(34)29(26(22)14-19)33-30(35)25-13-10-21(15-27(25)31)20-6-4-3-5-7-20/h3-15,28-29,32,34H,2,16-18H2,1H3,(H,33,35)/t28-,29-/m1/s1.